The minimum Gasteiger partial charge on any atom is -0.494 e. The molecule has 0 bridgehead atoms. The van der Waals surface area contributed by atoms with Gasteiger partial charge in [-0.15, -0.1) is 6.58 Å². The van der Waals surface area contributed by atoms with Gasteiger partial charge in [0, 0.05) is 29.4 Å². The van der Waals surface area contributed by atoms with Gasteiger partial charge in [-0.05, 0) is 43.2 Å². The molecule has 0 radical (unpaired) electrons. The van der Waals surface area contributed by atoms with Gasteiger partial charge in [-0.25, -0.2) is 0 Å². The predicted octanol–water partition coefficient (Wildman–Crippen LogP) is 3.73. The molecule has 7 heteroatoms. The van der Waals surface area contributed by atoms with Crippen molar-refractivity contribution in [2.45, 2.75) is 24.7 Å². The Bertz CT molecular complexity index is 1040. The van der Waals surface area contributed by atoms with Gasteiger partial charge in [-0.2, -0.15) is 0 Å². The van der Waals surface area contributed by atoms with Crippen LogP contribution in [0.25, 0.3) is 0 Å². The van der Waals surface area contributed by atoms with Crippen LogP contribution in [-0.4, -0.2) is 42.3 Å². The summed E-state index contributed by atoms with van der Waals surface area (Å²) in [5, 5.41) is 0.423. The van der Waals surface area contributed by atoms with Crippen LogP contribution in [0.15, 0.2) is 61.2 Å². The van der Waals surface area contributed by atoms with Gasteiger partial charge in [0.25, 0.3) is 0 Å². The number of imide groups is 1. The summed E-state index contributed by atoms with van der Waals surface area (Å²) in [6, 6.07) is 14.6. The van der Waals surface area contributed by atoms with Crippen molar-refractivity contribution in [1.29, 1.82) is 0 Å². The summed E-state index contributed by atoms with van der Waals surface area (Å²) in [7, 11) is 0. The number of unbranched alkanes of at least 4 members (excludes halogenated alkanes) is 1. The van der Waals surface area contributed by atoms with E-state index in [4.69, 9.17) is 16.3 Å². The zero-order valence-corrected chi connectivity index (χ0v) is 17.8. The summed E-state index contributed by atoms with van der Waals surface area (Å²) in [4.78, 5) is 42.0. The Kier molecular flexibility index (Phi) is 5.83. The van der Waals surface area contributed by atoms with Crippen molar-refractivity contribution in [1.82, 2.24) is 4.90 Å². The standard InChI is InChI=1S/C24H23ClN2O4/c1-2-12-27-21(28)16-24(23(27)30)19-15-17(25)10-11-20(19)26(22(24)29)13-6-7-14-31-18-8-4-3-5-9-18/h2-5,8-11,15H,1,6-7,12-14,16H2. The molecule has 2 heterocycles. The molecule has 2 aliphatic rings. The molecule has 1 atom stereocenters. The zero-order valence-electron chi connectivity index (χ0n) is 17.1. The minimum atomic E-state index is -1.53. The number of benzene rings is 2. The quantitative estimate of drug-likeness (QED) is 0.272. The van der Waals surface area contributed by atoms with E-state index < -0.39 is 11.3 Å². The van der Waals surface area contributed by atoms with Crippen molar-refractivity contribution in [3.05, 3.63) is 71.8 Å². The normalized spacial score (nSPS) is 20.0. The number of hydrogen-bond donors (Lipinski definition) is 0. The van der Waals surface area contributed by atoms with Gasteiger partial charge in [0.1, 0.15) is 5.75 Å². The molecule has 0 aliphatic carbocycles. The first-order chi connectivity index (χ1) is 15.0. The molecule has 0 aromatic heterocycles. The first kappa shape index (κ1) is 21.1. The highest BCUT2D eigenvalue weighted by molar-refractivity contribution is 6.32. The van der Waals surface area contributed by atoms with Gasteiger partial charge in [-0.3, -0.25) is 19.3 Å². The Labute approximate surface area is 186 Å². The van der Waals surface area contributed by atoms with E-state index in [1.165, 1.54) is 6.08 Å². The van der Waals surface area contributed by atoms with Gasteiger partial charge >= 0.3 is 0 Å². The number of anilines is 1. The fourth-order valence-corrected chi connectivity index (χ4v) is 4.45. The molecule has 6 nitrogen and oxygen atoms in total. The van der Waals surface area contributed by atoms with E-state index in [1.54, 1.807) is 23.1 Å². The third-order valence-corrected chi connectivity index (χ3v) is 5.98. The Morgan fingerprint density at radius 2 is 1.77 bits per heavy atom. The van der Waals surface area contributed by atoms with Crippen LogP contribution in [-0.2, 0) is 19.8 Å². The maximum atomic E-state index is 13.5. The summed E-state index contributed by atoms with van der Waals surface area (Å²) < 4.78 is 5.71. The first-order valence-electron chi connectivity index (χ1n) is 10.2. The van der Waals surface area contributed by atoms with Gasteiger partial charge in [-0.1, -0.05) is 35.9 Å². The largest absolute Gasteiger partial charge is 0.494 e. The average molecular weight is 439 g/mol. The number of rotatable bonds is 8. The van der Waals surface area contributed by atoms with Crippen molar-refractivity contribution >= 4 is 35.0 Å². The second kappa shape index (κ2) is 8.55. The third-order valence-electron chi connectivity index (χ3n) is 5.75. The molecule has 1 unspecified atom stereocenters. The topological polar surface area (TPSA) is 66.9 Å². The lowest BCUT2D eigenvalue weighted by molar-refractivity contribution is -0.140. The minimum absolute atomic E-state index is 0.0828. The molecule has 2 aromatic carbocycles. The SMILES string of the molecule is C=CCN1C(=O)CC2(C1=O)C(=O)N(CCCCOc1ccccc1)c1ccc(Cl)cc12. The van der Waals surface area contributed by atoms with E-state index in [9.17, 15) is 14.4 Å². The van der Waals surface area contributed by atoms with E-state index in [-0.39, 0.29) is 24.8 Å². The van der Waals surface area contributed by atoms with Crippen molar-refractivity contribution in [3.8, 4) is 5.75 Å². The molecule has 2 aromatic rings. The highest BCUT2D eigenvalue weighted by atomic mass is 35.5. The van der Waals surface area contributed by atoms with Crippen LogP contribution in [0.5, 0.6) is 5.75 Å². The van der Waals surface area contributed by atoms with E-state index in [1.807, 2.05) is 30.3 Å². The van der Waals surface area contributed by atoms with Crippen LogP contribution in [0.4, 0.5) is 5.69 Å². The van der Waals surface area contributed by atoms with Crippen molar-refractivity contribution in [3.63, 3.8) is 0 Å². The van der Waals surface area contributed by atoms with Crippen LogP contribution < -0.4 is 9.64 Å². The number of likely N-dealkylation sites (tertiary alicyclic amines) is 1. The number of carbonyl (C=O) groups is 3. The maximum absolute atomic E-state index is 13.5. The van der Waals surface area contributed by atoms with E-state index in [0.29, 0.717) is 35.8 Å². The van der Waals surface area contributed by atoms with Crippen LogP contribution >= 0.6 is 11.6 Å². The number of fused-ring (bicyclic) bond motifs is 2. The number of nitrogens with zero attached hydrogens (tertiary/aromatic N) is 2. The number of para-hydroxylation sites is 1. The zero-order chi connectivity index (χ0) is 22.0. The molecule has 4 rings (SSSR count). The smallest absolute Gasteiger partial charge is 0.250 e. The lowest BCUT2D eigenvalue weighted by Crippen LogP contribution is -2.46. The van der Waals surface area contributed by atoms with Gasteiger partial charge in [0.05, 0.1) is 13.0 Å². The van der Waals surface area contributed by atoms with Crippen LogP contribution in [0.3, 0.4) is 0 Å². The summed E-state index contributed by atoms with van der Waals surface area (Å²) >= 11 is 6.19. The lowest BCUT2D eigenvalue weighted by atomic mass is 9.80. The van der Waals surface area contributed by atoms with Crippen molar-refractivity contribution in [2.75, 3.05) is 24.6 Å². The molecule has 1 fully saturated rings. The average Bonchev–Trinajstić information content (AvgIpc) is 3.15. The highest BCUT2D eigenvalue weighted by Crippen LogP contribution is 2.49. The Morgan fingerprint density at radius 3 is 2.52 bits per heavy atom. The third kappa shape index (κ3) is 3.61. The molecule has 160 valence electrons. The molecule has 0 N–H and O–H groups in total. The summed E-state index contributed by atoms with van der Waals surface area (Å²) in [6.45, 7) is 4.64. The predicted molar refractivity (Wildman–Crippen MR) is 118 cm³/mol. The van der Waals surface area contributed by atoms with Crippen molar-refractivity contribution < 1.29 is 19.1 Å². The van der Waals surface area contributed by atoms with Crippen LogP contribution in [0, 0.1) is 0 Å². The van der Waals surface area contributed by atoms with Crippen LogP contribution in [0.2, 0.25) is 5.02 Å². The number of carbonyl (C=O) groups excluding carboxylic acids is 3. The van der Waals surface area contributed by atoms with Crippen molar-refractivity contribution in [2.24, 2.45) is 0 Å². The second-order valence-corrected chi connectivity index (χ2v) is 8.10. The maximum Gasteiger partial charge on any atom is 0.250 e. The molecule has 0 saturated carbocycles. The highest BCUT2D eigenvalue weighted by Gasteiger charge is 2.63. The number of ether oxygens (including phenoxy) is 1. The summed E-state index contributed by atoms with van der Waals surface area (Å²) in [6.07, 6.45) is 2.73. The fourth-order valence-electron chi connectivity index (χ4n) is 4.27. The van der Waals surface area contributed by atoms with E-state index in [2.05, 4.69) is 6.58 Å². The first-order valence-corrected chi connectivity index (χ1v) is 10.6. The van der Waals surface area contributed by atoms with E-state index >= 15 is 0 Å². The van der Waals surface area contributed by atoms with E-state index in [0.717, 1.165) is 17.1 Å². The number of amides is 3. The van der Waals surface area contributed by atoms with Gasteiger partial charge < -0.3 is 9.64 Å². The number of halogens is 1. The lowest BCUT2D eigenvalue weighted by Gasteiger charge is -2.22. The monoisotopic (exact) mass is 438 g/mol. The number of hydrogen-bond acceptors (Lipinski definition) is 4. The fraction of sp³-hybridized carbons (Fsp3) is 0.292. The van der Waals surface area contributed by atoms with Gasteiger partial charge in [0.15, 0.2) is 5.41 Å². The molecule has 1 spiro atoms. The molecular weight excluding hydrogens is 416 g/mol. The molecule has 2 aliphatic heterocycles. The summed E-state index contributed by atoms with van der Waals surface area (Å²) in [5.74, 6) is -0.433. The Hall–Kier alpha value is -3.12. The molecule has 3 amide bonds. The summed E-state index contributed by atoms with van der Waals surface area (Å²) in [5.41, 5.74) is -0.378. The molecule has 31 heavy (non-hydrogen) atoms. The van der Waals surface area contributed by atoms with Crippen LogP contribution in [0.1, 0.15) is 24.8 Å². The Morgan fingerprint density at radius 1 is 1.03 bits per heavy atom. The Balaban J connectivity index is 1.51. The second-order valence-electron chi connectivity index (χ2n) is 7.67. The molecular formula is C24H23ClN2O4. The molecule has 1 saturated heterocycles. The van der Waals surface area contributed by atoms with Gasteiger partial charge in [0.2, 0.25) is 17.7 Å².